The molecule has 0 N–H and O–H groups in total. The first kappa shape index (κ1) is 33.9. The minimum Gasteiger partial charge on any atom is -0.310 e. The monoisotopic (exact) mass is 727 g/mol. The van der Waals surface area contributed by atoms with E-state index in [-0.39, 0.29) is 0 Å². The number of fused-ring (bicyclic) bond motifs is 3. The van der Waals surface area contributed by atoms with Crippen LogP contribution in [-0.2, 0) is 0 Å². The van der Waals surface area contributed by atoms with Crippen LogP contribution < -0.4 is 4.90 Å². The van der Waals surface area contributed by atoms with E-state index in [0.29, 0.717) is 0 Å². The van der Waals surface area contributed by atoms with E-state index in [4.69, 9.17) is 9.97 Å². The predicted molar refractivity (Wildman–Crippen MR) is 239 cm³/mol. The van der Waals surface area contributed by atoms with Gasteiger partial charge in [-0.1, -0.05) is 170 Å². The minimum absolute atomic E-state index is 0.880. The lowest BCUT2D eigenvalue weighted by Gasteiger charge is -2.27. The van der Waals surface area contributed by atoms with Crippen LogP contribution in [0.15, 0.2) is 224 Å². The molecule has 10 rings (SSSR count). The van der Waals surface area contributed by atoms with Gasteiger partial charge in [-0.2, -0.15) is 0 Å². The first-order valence-electron chi connectivity index (χ1n) is 19.3. The normalized spacial score (nSPS) is 11.2. The molecular weight excluding hydrogens is 691 g/mol. The van der Waals surface area contributed by atoms with Crippen LogP contribution >= 0.6 is 0 Å². The molecule has 0 atom stereocenters. The van der Waals surface area contributed by atoms with Crippen LogP contribution in [-0.4, -0.2) is 9.97 Å². The van der Waals surface area contributed by atoms with E-state index in [1.54, 1.807) is 0 Å². The van der Waals surface area contributed by atoms with Crippen molar-refractivity contribution in [3.8, 4) is 55.9 Å². The highest BCUT2D eigenvalue weighted by atomic mass is 15.1. The Kier molecular flexibility index (Phi) is 8.86. The zero-order valence-electron chi connectivity index (χ0n) is 31.2. The Morgan fingerprint density at radius 1 is 0.281 bits per heavy atom. The molecule has 9 aromatic carbocycles. The maximum Gasteiger partial charge on any atom is 0.0973 e. The summed E-state index contributed by atoms with van der Waals surface area (Å²) in [4.78, 5) is 12.9. The number of hydrogen-bond donors (Lipinski definition) is 0. The second kappa shape index (κ2) is 14.9. The largest absolute Gasteiger partial charge is 0.310 e. The van der Waals surface area contributed by atoms with Crippen LogP contribution in [0.3, 0.4) is 0 Å². The molecule has 1 aromatic heterocycles. The summed E-state index contributed by atoms with van der Waals surface area (Å²) >= 11 is 0. The number of anilines is 3. The lowest BCUT2D eigenvalue weighted by Crippen LogP contribution is -2.10. The van der Waals surface area contributed by atoms with E-state index in [1.165, 1.54) is 22.3 Å². The topological polar surface area (TPSA) is 29.0 Å². The molecule has 268 valence electrons. The maximum absolute atomic E-state index is 5.32. The van der Waals surface area contributed by atoms with E-state index in [2.05, 4.69) is 217 Å². The van der Waals surface area contributed by atoms with E-state index in [1.807, 2.05) is 12.1 Å². The van der Waals surface area contributed by atoms with Crippen molar-refractivity contribution in [3.63, 3.8) is 0 Å². The fraction of sp³-hybridized carbons (Fsp3) is 0. The second-order valence-electron chi connectivity index (χ2n) is 14.2. The van der Waals surface area contributed by atoms with Crippen molar-refractivity contribution >= 4 is 38.9 Å². The van der Waals surface area contributed by atoms with Crippen molar-refractivity contribution in [3.05, 3.63) is 224 Å². The first-order chi connectivity index (χ1) is 28.2. The van der Waals surface area contributed by atoms with Crippen molar-refractivity contribution in [2.24, 2.45) is 0 Å². The van der Waals surface area contributed by atoms with Gasteiger partial charge in [0.15, 0.2) is 0 Å². The van der Waals surface area contributed by atoms with Gasteiger partial charge in [0.05, 0.1) is 22.4 Å². The van der Waals surface area contributed by atoms with Crippen LogP contribution in [0.4, 0.5) is 17.1 Å². The van der Waals surface area contributed by atoms with Crippen molar-refractivity contribution < 1.29 is 0 Å². The highest BCUT2D eigenvalue weighted by Crippen LogP contribution is 2.41. The van der Waals surface area contributed by atoms with Gasteiger partial charge in [-0.15, -0.1) is 0 Å². The van der Waals surface area contributed by atoms with Gasteiger partial charge in [0, 0.05) is 33.6 Å². The molecule has 0 bridgehead atoms. The zero-order chi connectivity index (χ0) is 38.0. The molecule has 0 saturated heterocycles. The number of hydrogen-bond acceptors (Lipinski definition) is 3. The van der Waals surface area contributed by atoms with Crippen molar-refractivity contribution in [1.29, 1.82) is 0 Å². The SMILES string of the molecule is c1ccc(-c2cc(-c3ccccc3)cc(N(c3ccccc3)c3ccc(-c4ccc5c(ccc6nc(-c7ccccc7)c(-c7ccccc7)nc65)c4)cc3)c2)cc1. The predicted octanol–water partition coefficient (Wildman–Crippen LogP) is 14.6. The Balaban J connectivity index is 1.05. The van der Waals surface area contributed by atoms with Crippen LogP contribution in [0.25, 0.3) is 77.7 Å². The summed E-state index contributed by atoms with van der Waals surface area (Å²) in [6, 6.07) is 79.3. The molecule has 0 aliphatic heterocycles. The van der Waals surface area contributed by atoms with Gasteiger partial charge in [0.1, 0.15) is 0 Å². The van der Waals surface area contributed by atoms with E-state index in [0.717, 1.165) is 72.5 Å². The smallest absolute Gasteiger partial charge is 0.0973 e. The van der Waals surface area contributed by atoms with Crippen molar-refractivity contribution in [2.75, 3.05) is 4.90 Å². The third kappa shape index (κ3) is 6.73. The lowest BCUT2D eigenvalue weighted by molar-refractivity contribution is 1.28. The average molecular weight is 728 g/mol. The van der Waals surface area contributed by atoms with Gasteiger partial charge in [0.25, 0.3) is 0 Å². The van der Waals surface area contributed by atoms with E-state index < -0.39 is 0 Å². The molecule has 0 amide bonds. The van der Waals surface area contributed by atoms with Gasteiger partial charge in [-0.3, -0.25) is 0 Å². The standard InChI is InChI=1S/C54H37N3/c1-6-16-38(17-7-1)45-35-46(39-18-8-2-9-19-39)37-49(36-45)57(47-24-14-5-15-25-47)48-30-26-40(27-31-48)43-28-32-50-44(34-43)29-33-51-54(50)56-53(42-22-12-4-13-23-42)52(55-51)41-20-10-3-11-21-41/h1-37H. The van der Waals surface area contributed by atoms with Crippen LogP contribution in [0.1, 0.15) is 0 Å². The first-order valence-corrected chi connectivity index (χ1v) is 19.3. The molecule has 1 heterocycles. The summed E-state index contributed by atoms with van der Waals surface area (Å²) in [7, 11) is 0. The molecule has 10 aromatic rings. The Bertz CT molecular complexity index is 2910. The second-order valence-corrected chi connectivity index (χ2v) is 14.2. The molecule has 0 radical (unpaired) electrons. The van der Waals surface area contributed by atoms with Gasteiger partial charge in [0.2, 0.25) is 0 Å². The number of para-hydroxylation sites is 1. The van der Waals surface area contributed by atoms with Crippen molar-refractivity contribution in [1.82, 2.24) is 9.97 Å². The highest BCUT2D eigenvalue weighted by molar-refractivity contribution is 6.06. The Hall–Kier alpha value is -7.62. The molecular formula is C54H37N3. The molecule has 0 aliphatic rings. The van der Waals surface area contributed by atoms with Crippen molar-refractivity contribution in [2.45, 2.75) is 0 Å². The molecule has 0 saturated carbocycles. The molecule has 0 fully saturated rings. The molecule has 3 nitrogen and oxygen atoms in total. The summed E-state index contributed by atoms with van der Waals surface area (Å²) in [6.45, 7) is 0. The highest BCUT2D eigenvalue weighted by Gasteiger charge is 2.18. The summed E-state index contributed by atoms with van der Waals surface area (Å²) in [5.74, 6) is 0. The quantitative estimate of drug-likeness (QED) is 0.146. The summed E-state index contributed by atoms with van der Waals surface area (Å²) < 4.78 is 0. The summed E-state index contributed by atoms with van der Waals surface area (Å²) in [5, 5.41) is 2.21. The van der Waals surface area contributed by atoms with Crippen LogP contribution in [0.2, 0.25) is 0 Å². The summed E-state index contributed by atoms with van der Waals surface area (Å²) in [5.41, 5.74) is 15.9. The molecule has 0 unspecified atom stereocenters. The lowest BCUT2D eigenvalue weighted by atomic mass is 9.97. The van der Waals surface area contributed by atoms with Crippen LogP contribution in [0.5, 0.6) is 0 Å². The Morgan fingerprint density at radius 3 is 1.30 bits per heavy atom. The number of nitrogens with zero attached hydrogens (tertiary/aromatic N) is 3. The fourth-order valence-electron chi connectivity index (χ4n) is 7.78. The summed E-state index contributed by atoms with van der Waals surface area (Å²) in [6.07, 6.45) is 0. The number of aromatic nitrogens is 2. The third-order valence-corrected chi connectivity index (χ3v) is 10.6. The number of rotatable bonds is 8. The maximum atomic E-state index is 5.32. The van der Waals surface area contributed by atoms with Gasteiger partial charge < -0.3 is 4.90 Å². The molecule has 0 aliphatic carbocycles. The van der Waals surface area contributed by atoms with Gasteiger partial charge >= 0.3 is 0 Å². The zero-order valence-corrected chi connectivity index (χ0v) is 31.2. The van der Waals surface area contributed by atoms with Crippen LogP contribution in [0, 0.1) is 0 Å². The van der Waals surface area contributed by atoms with Gasteiger partial charge in [-0.25, -0.2) is 9.97 Å². The molecule has 3 heteroatoms. The van der Waals surface area contributed by atoms with Gasteiger partial charge in [-0.05, 0) is 93.4 Å². The minimum atomic E-state index is 0.880. The third-order valence-electron chi connectivity index (χ3n) is 10.6. The van der Waals surface area contributed by atoms with E-state index in [9.17, 15) is 0 Å². The number of benzene rings is 9. The Morgan fingerprint density at radius 2 is 0.737 bits per heavy atom. The van der Waals surface area contributed by atoms with E-state index >= 15 is 0 Å². The molecule has 0 spiro atoms. The fourth-order valence-corrected chi connectivity index (χ4v) is 7.78. The molecule has 57 heavy (non-hydrogen) atoms. The Labute approximate surface area is 332 Å². The average Bonchev–Trinajstić information content (AvgIpc) is 3.30.